The Hall–Kier alpha value is -1.65. The van der Waals surface area contributed by atoms with Crippen LogP contribution in [-0.4, -0.2) is 16.8 Å². The van der Waals surface area contributed by atoms with E-state index in [1.165, 1.54) is 21.2 Å². The molecular weight excluding hydrogens is 254 g/mol. The molecule has 98 valence electrons. The highest BCUT2D eigenvalue weighted by molar-refractivity contribution is 7.17. The van der Waals surface area contributed by atoms with E-state index in [0.29, 0.717) is 6.04 Å². The van der Waals surface area contributed by atoms with Gasteiger partial charge in [0.15, 0.2) is 0 Å². The molecule has 1 atom stereocenters. The third-order valence-electron chi connectivity index (χ3n) is 3.46. The maximum Gasteiger partial charge on any atom is 0.0537 e. The Morgan fingerprint density at radius 1 is 1.37 bits per heavy atom. The predicted octanol–water partition coefficient (Wildman–Crippen LogP) is 3.14. The fourth-order valence-electron chi connectivity index (χ4n) is 2.42. The van der Waals surface area contributed by atoms with Gasteiger partial charge in [-0.15, -0.1) is 11.3 Å². The van der Waals surface area contributed by atoms with Crippen LogP contribution < -0.4 is 5.32 Å². The molecule has 1 unspecified atom stereocenters. The quantitative estimate of drug-likeness (QED) is 0.790. The van der Waals surface area contributed by atoms with Crippen molar-refractivity contribution in [1.82, 2.24) is 15.1 Å². The average Bonchev–Trinajstić information content (AvgIpc) is 3.03. The largest absolute Gasteiger partial charge is 0.313 e. The van der Waals surface area contributed by atoms with E-state index in [1.807, 2.05) is 36.3 Å². The van der Waals surface area contributed by atoms with E-state index in [-0.39, 0.29) is 0 Å². The van der Waals surface area contributed by atoms with Crippen LogP contribution in [0.5, 0.6) is 0 Å². The number of hydrogen-bond donors (Lipinski definition) is 1. The van der Waals surface area contributed by atoms with Crippen molar-refractivity contribution in [2.45, 2.75) is 12.5 Å². The number of hydrogen-bond acceptors (Lipinski definition) is 3. The fraction of sp³-hybridized carbons (Fsp3) is 0.267. The summed E-state index contributed by atoms with van der Waals surface area (Å²) in [6.07, 6.45) is 5.01. The molecule has 0 bridgehead atoms. The highest BCUT2D eigenvalue weighted by Gasteiger charge is 2.14. The van der Waals surface area contributed by atoms with Crippen LogP contribution in [0.2, 0.25) is 0 Å². The molecule has 0 aliphatic rings. The van der Waals surface area contributed by atoms with Gasteiger partial charge in [-0.05, 0) is 35.9 Å². The second kappa shape index (κ2) is 5.15. The Morgan fingerprint density at radius 3 is 2.95 bits per heavy atom. The maximum atomic E-state index is 4.26. The lowest BCUT2D eigenvalue weighted by Gasteiger charge is -2.13. The molecular formula is C15H17N3S. The van der Waals surface area contributed by atoms with Crippen molar-refractivity contribution in [1.29, 1.82) is 0 Å². The first-order chi connectivity index (χ1) is 9.28. The Balaban J connectivity index is 1.90. The van der Waals surface area contributed by atoms with Crippen molar-refractivity contribution < 1.29 is 0 Å². The lowest BCUT2D eigenvalue weighted by molar-refractivity contribution is 0.594. The predicted molar refractivity (Wildman–Crippen MR) is 80.5 cm³/mol. The molecule has 0 aliphatic carbocycles. The van der Waals surface area contributed by atoms with Gasteiger partial charge in [0, 0.05) is 29.5 Å². The van der Waals surface area contributed by atoms with Crippen LogP contribution in [0, 0.1) is 0 Å². The second-order valence-corrected chi connectivity index (χ2v) is 5.66. The number of fused-ring (bicyclic) bond motifs is 1. The zero-order chi connectivity index (χ0) is 13.2. The molecule has 2 heterocycles. The molecule has 0 saturated carbocycles. The van der Waals surface area contributed by atoms with E-state index < -0.39 is 0 Å². The van der Waals surface area contributed by atoms with Gasteiger partial charge in [-0.3, -0.25) is 4.68 Å². The van der Waals surface area contributed by atoms with Gasteiger partial charge in [-0.2, -0.15) is 5.10 Å². The van der Waals surface area contributed by atoms with Crippen LogP contribution in [-0.2, 0) is 13.5 Å². The molecule has 4 heteroatoms. The summed E-state index contributed by atoms with van der Waals surface area (Å²) in [7, 11) is 3.96. The van der Waals surface area contributed by atoms with E-state index in [0.717, 1.165) is 6.42 Å². The molecule has 0 saturated heterocycles. The normalized spacial score (nSPS) is 12.9. The minimum Gasteiger partial charge on any atom is -0.313 e. The van der Waals surface area contributed by atoms with E-state index in [4.69, 9.17) is 0 Å². The van der Waals surface area contributed by atoms with Gasteiger partial charge in [0.05, 0.1) is 6.20 Å². The first-order valence-corrected chi connectivity index (χ1v) is 7.27. The van der Waals surface area contributed by atoms with Crippen molar-refractivity contribution in [3.05, 3.63) is 53.2 Å². The van der Waals surface area contributed by atoms with Crippen LogP contribution in [0.1, 0.15) is 17.2 Å². The Kier molecular flexibility index (Phi) is 3.36. The van der Waals surface area contributed by atoms with Crippen molar-refractivity contribution in [2.75, 3.05) is 7.05 Å². The van der Waals surface area contributed by atoms with Crippen LogP contribution in [0.15, 0.2) is 42.0 Å². The average molecular weight is 271 g/mol. The summed E-state index contributed by atoms with van der Waals surface area (Å²) in [5, 5.41) is 11.3. The van der Waals surface area contributed by atoms with Crippen LogP contribution in [0.25, 0.3) is 10.1 Å². The Labute approximate surface area is 116 Å². The van der Waals surface area contributed by atoms with Gasteiger partial charge in [0.25, 0.3) is 0 Å². The summed E-state index contributed by atoms with van der Waals surface area (Å²) >= 11 is 1.82. The maximum absolute atomic E-state index is 4.26. The van der Waals surface area contributed by atoms with E-state index >= 15 is 0 Å². The molecule has 3 nitrogen and oxygen atoms in total. The number of rotatable bonds is 4. The van der Waals surface area contributed by atoms with Crippen LogP contribution in [0.4, 0.5) is 0 Å². The van der Waals surface area contributed by atoms with Gasteiger partial charge in [0.2, 0.25) is 0 Å². The molecule has 3 aromatic rings. The lowest BCUT2D eigenvalue weighted by atomic mass is 10.0. The first-order valence-electron chi connectivity index (χ1n) is 6.39. The van der Waals surface area contributed by atoms with Gasteiger partial charge in [0.1, 0.15) is 0 Å². The summed E-state index contributed by atoms with van der Waals surface area (Å²) < 4.78 is 3.21. The van der Waals surface area contributed by atoms with Crippen molar-refractivity contribution in [2.24, 2.45) is 7.05 Å². The summed E-state index contributed by atoms with van der Waals surface area (Å²) in [6, 6.07) is 8.90. The monoisotopic (exact) mass is 271 g/mol. The Bertz CT molecular complexity index is 683. The second-order valence-electron chi connectivity index (χ2n) is 4.75. The minimum absolute atomic E-state index is 0.312. The smallest absolute Gasteiger partial charge is 0.0537 e. The molecule has 0 radical (unpaired) electrons. The molecule has 2 aromatic heterocycles. The van der Waals surface area contributed by atoms with E-state index in [1.54, 1.807) is 0 Å². The summed E-state index contributed by atoms with van der Waals surface area (Å²) in [4.78, 5) is 0. The number of nitrogens with one attached hydrogen (secondary N) is 1. The van der Waals surface area contributed by atoms with Crippen molar-refractivity contribution in [3.8, 4) is 0 Å². The molecule has 0 aliphatic heterocycles. The highest BCUT2D eigenvalue weighted by Crippen LogP contribution is 2.29. The van der Waals surface area contributed by atoms with Crippen LogP contribution >= 0.6 is 11.3 Å². The number of thiophene rings is 1. The molecule has 0 amide bonds. The molecule has 1 aromatic carbocycles. The first kappa shape index (κ1) is 12.4. The number of aryl methyl sites for hydroxylation is 1. The Morgan fingerprint density at radius 2 is 2.21 bits per heavy atom. The van der Waals surface area contributed by atoms with Gasteiger partial charge >= 0.3 is 0 Å². The standard InChI is InChI=1S/C15H17N3S/c1-16-14(12-8-17-18(2)9-12)7-11-10-19-15-6-4-3-5-13(11)15/h3-6,8-10,14,16H,7H2,1-2H3. The molecule has 1 N–H and O–H groups in total. The lowest BCUT2D eigenvalue weighted by Crippen LogP contribution is -2.18. The summed E-state index contributed by atoms with van der Waals surface area (Å²) in [6.45, 7) is 0. The topological polar surface area (TPSA) is 29.9 Å². The van der Waals surface area contributed by atoms with E-state index in [9.17, 15) is 0 Å². The highest BCUT2D eigenvalue weighted by atomic mass is 32.1. The van der Waals surface area contributed by atoms with E-state index in [2.05, 4.69) is 46.3 Å². The van der Waals surface area contributed by atoms with Crippen molar-refractivity contribution >= 4 is 21.4 Å². The molecule has 0 spiro atoms. The third-order valence-corrected chi connectivity index (χ3v) is 4.47. The zero-order valence-corrected chi connectivity index (χ0v) is 11.9. The van der Waals surface area contributed by atoms with Crippen molar-refractivity contribution in [3.63, 3.8) is 0 Å². The van der Waals surface area contributed by atoms with Crippen LogP contribution in [0.3, 0.4) is 0 Å². The molecule has 3 rings (SSSR count). The van der Waals surface area contributed by atoms with Gasteiger partial charge in [-0.25, -0.2) is 0 Å². The minimum atomic E-state index is 0.312. The number of aromatic nitrogens is 2. The summed E-state index contributed by atoms with van der Waals surface area (Å²) in [5.74, 6) is 0. The summed E-state index contributed by atoms with van der Waals surface area (Å²) in [5.41, 5.74) is 2.64. The number of likely N-dealkylation sites (N-methyl/N-ethyl adjacent to an activating group) is 1. The third kappa shape index (κ3) is 2.41. The zero-order valence-electron chi connectivity index (χ0n) is 11.1. The SMILES string of the molecule is CNC(Cc1csc2ccccc12)c1cnn(C)c1. The van der Waals surface area contributed by atoms with Gasteiger partial charge in [-0.1, -0.05) is 18.2 Å². The number of nitrogens with zero attached hydrogens (tertiary/aromatic N) is 2. The molecule has 0 fully saturated rings. The fourth-order valence-corrected chi connectivity index (χ4v) is 3.39. The molecule has 19 heavy (non-hydrogen) atoms. The number of benzene rings is 1. The van der Waals surface area contributed by atoms with Gasteiger partial charge < -0.3 is 5.32 Å².